The van der Waals surface area contributed by atoms with Crippen LogP contribution in [0.25, 0.3) is 10.2 Å². The standard InChI is InChI=1S/C15H15BrF3NS/c16-11-5-6-12-13(8-11)21-14(20-12)7-9-1-3-10(4-2-9)15(17,18)19/h5-6,8-10H,1-4,7H2. The van der Waals surface area contributed by atoms with Crippen molar-refractivity contribution in [2.24, 2.45) is 11.8 Å². The summed E-state index contributed by atoms with van der Waals surface area (Å²) in [6.07, 6.45) is -1.36. The van der Waals surface area contributed by atoms with Gasteiger partial charge < -0.3 is 0 Å². The van der Waals surface area contributed by atoms with Gasteiger partial charge in [0, 0.05) is 10.9 Å². The Morgan fingerprint density at radius 2 is 1.90 bits per heavy atom. The molecule has 0 radical (unpaired) electrons. The lowest BCUT2D eigenvalue weighted by Gasteiger charge is -2.29. The number of halogens is 4. The Kier molecular flexibility index (Phi) is 4.28. The first-order chi connectivity index (χ1) is 9.91. The van der Waals surface area contributed by atoms with Crippen LogP contribution in [0.15, 0.2) is 22.7 Å². The van der Waals surface area contributed by atoms with Crippen LogP contribution in [0.4, 0.5) is 13.2 Å². The maximum absolute atomic E-state index is 12.7. The fourth-order valence-electron chi connectivity index (χ4n) is 2.97. The van der Waals surface area contributed by atoms with Crippen LogP contribution in [-0.4, -0.2) is 11.2 Å². The first kappa shape index (κ1) is 15.3. The predicted octanol–water partition coefficient (Wildman–Crippen LogP) is 5.97. The molecule has 0 spiro atoms. The normalized spacial score (nSPS) is 23.6. The highest BCUT2D eigenvalue weighted by molar-refractivity contribution is 9.10. The average molecular weight is 378 g/mol. The van der Waals surface area contributed by atoms with Crippen molar-refractivity contribution in [2.45, 2.75) is 38.3 Å². The minimum atomic E-state index is -4.02. The van der Waals surface area contributed by atoms with E-state index in [2.05, 4.69) is 20.9 Å². The Balaban J connectivity index is 1.64. The fourth-order valence-corrected chi connectivity index (χ4v) is 4.61. The zero-order chi connectivity index (χ0) is 15.0. The van der Waals surface area contributed by atoms with Crippen LogP contribution in [0, 0.1) is 11.8 Å². The van der Waals surface area contributed by atoms with Gasteiger partial charge in [0.2, 0.25) is 0 Å². The van der Waals surface area contributed by atoms with Gasteiger partial charge in [-0.25, -0.2) is 4.98 Å². The molecule has 3 rings (SSSR count). The lowest BCUT2D eigenvalue weighted by molar-refractivity contribution is -0.183. The molecule has 1 aliphatic carbocycles. The van der Waals surface area contributed by atoms with Crippen molar-refractivity contribution < 1.29 is 13.2 Å². The van der Waals surface area contributed by atoms with Crippen LogP contribution in [0.3, 0.4) is 0 Å². The van der Waals surface area contributed by atoms with E-state index in [1.165, 1.54) is 0 Å². The number of benzene rings is 1. The van der Waals surface area contributed by atoms with E-state index in [-0.39, 0.29) is 12.8 Å². The Morgan fingerprint density at radius 3 is 2.57 bits per heavy atom. The van der Waals surface area contributed by atoms with Crippen LogP contribution >= 0.6 is 27.3 Å². The minimum absolute atomic E-state index is 0.268. The van der Waals surface area contributed by atoms with Crippen LogP contribution in [0.2, 0.25) is 0 Å². The van der Waals surface area contributed by atoms with Gasteiger partial charge >= 0.3 is 6.18 Å². The van der Waals surface area contributed by atoms with Crippen molar-refractivity contribution >= 4 is 37.5 Å². The van der Waals surface area contributed by atoms with E-state index < -0.39 is 12.1 Å². The number of rotatable bonds is 2. The summed E-state index contributed by atoms with van der Waals surface area (Å²) < 4.78 is 40.1. The lowest BCUT2D eigenvalue weighted by atomic mass is 9.80. The maximum atomic E-state index is 12.7. The van der Waals surface area contributed by atoms with E-state index in [1.54, 1.807) is 11.3 Å². The summed E-state index contributed by atoms with van der Waals surface area (Å²) in [5.41, 5.74) is 0.974. The molecule has 1 aromatic carbocycles. The highest BCUT2D eigenvalue weighted by Crippen LogP contribution is 2.40. The third-order valence-electron chi connectivity index (χ3n) is 4.17. The summed E-state index contributed by atoms with van der Waals surface area (Å²) in [7, 11) is 0. The number of hydrogen-bond donors (Lipinski definition) is 0. The monoisotopic (exact) mass is 377 g/mol. The van der Waals surface area contributed by atoms with Crippen molar-refractivity contribution in [3.05, 3.63) is 27.7 Å². The largest absolute Gasteiger partial charge is 0.391 e. The van der Waals surface area contributed by atoms with E-state index in [4.69, 9.17) is 0 Å². The number of nitrogens with zero attached hydrogens (tertiary/aromatic N) is 1. The van der Waals surface area contributed by atoms with E-state index in [9.17, 15) is 13.2 Å². The summed E-state index contributed by atoms with van der Waals surface area (Å²) in [4.78, 5) is 4.59. The van der Waals surface area contributed by atoms with E-state index in [0.29, 0.717) is 18.8 Å². The highest BCUT2D eigenvalue weighted by atomic mass is 79.9. The molecule has 1 saturated carbocycles. The smallest absolute Gasteiger partial charge is 0.241 e. The van der Waals surface area contributed by atoms with Gasteiger partial charge in [-0.15, -0.1) is 11.3 Å². The minimum Gasteiger partial charge on any atom is -0.241 e. The van der Waals surface area contributed by atoms with E-state index in [0.717, 1.165) is 26.1 Å². The molecule has 1 aliphatic rings. The third-order valence-corrected chi connectivity index (χ3v) is 5.70. The van der Waals surface area contributed by atoms with Gasteiger partial charge in [0.15, 0.2) is 0 Å². The summed E-state index contributed by atoms with van der Waals surface area (Å²) >= 11 is 5.09. The van der Waals surface area contributed by atoms with Crippen LogP contribution in [-0.2, 0) is 6.42 Å². The van der Waals surface area contributed by atoms with Crippen molar-refractivity contribution in [3.8, 4) is 0 Å². The Hall–Kier alpha value is -0.620. The van der Waals surface area contributed by atoms with Crippen LogP contribution in [0.5, 0.6) is 0 Å². The summed E-state index contributed by atoms with van der Waals surface area (Å²) in [6.45, 7) is 0. The van der Waals surface area contributed by atoms with Crippen molar-refractivity contribution in [2.75, 3.05) is 0 Å². The number of aromatic nitrogens is 1. The number of fused-ring (bicyclic) bond motifs is 1. The number of alkyl halides is 3. The predicted molar refractivity (Wildman–Crippen MR) is 82.5 cm³/mol. The van der Waals surface area contributed by atoms with E-state index >= 15 is 0 Å². The fraction of sp³-hybridized carbons (Fsp3) is 0.533. The quantitative estimate of drug-likeness (QED) is 0.627. The van der Waals surface area contributed by atoms with Gasteiger partial charge in [0.05, 0.1) is 21.1 Å². The zero-order valence-corrected chi connectivity index (χ0v) is 13.7. The molecule has 0 amide bonds. The topological polar surface area (TPSA) is 12.9 Å². The molecule has 114 valence electrons. The Labute approximate surface area is 133 Å². The van der Waals surface area contributed by atoms with Gasteiger partial charge in [0.25, 0.3) is 0 Å². The average Bonchev–Trinajstić information content (AvgIpc) is 2.79. The van der Waals surface area contributed by atoms with Gasteiger partial charge in [0.1, 0.15) is 0 Å². The molecule has 6 heteroatoms. The molecule has 1 fully saturated rings. The van der Waals surface area contributed by atoms with Crippen molar-refractivity contribution in [1.82, 2.24) is 4.98 Å². The molecular formula is C15H15BrF3NS. The molecule has 1 aromatic heterocycles. The van der Waals surface area contributed by atoms with Crippen molar-refractivity contribution in [3.63, 3.8) is 0 Å². The molecule has 0 bridgehead atoms. The lowest BCUT2D eigenvalue weighted by Crippen LogP contribution is -2.28. The molecule has 0 atom stereocenters. The molecule has 1 heterocycles. The van der Waals surface area contributed by atoms with Crippen LogP contribution < -0.4 is 0 Å². The van der Waals surface area contributed by atoms with E-state index in [1.807, 2.05) is 18.2 Å². The summed E-state index contributed by atoms with van der Waals surface area (Å²) in [5.74, 6) is -0.757. The highest BCUT2D eigenvalue weighted by Gasteiger charge is 2.41. The molecule has 0 aliphatic heterocycles. The van der Waals surface area contributed by atoms with Gasteiger partial charge in [-0.05, 0) is 49.8 Å². The van der Waals surface area contributed by atoms with Gasteiger partial charge in [-0.1, -0.05) is 15.9 Å². The number of hydrogen-bond acceptors (Lipinski definition) is 2. The molecule has 2 aromatic rings. The Bertz CT molecular complexity index is 629. The second-order valence-corrected chi connectivity index (χ2v) is 7.71. The molecule has 0 N–H and O–H groups in total. The summed E-state index contributed by atoms with van der Waals surface area (Å²) in [6, 6.07) is 5.97. The number of thiazole rings is 1. The maximum Gasteiger partial charge on any atom is 0.391 e. The second kappa shape index (κ2) is 5.88. The van der Waals surface area contributed by atoms with Crippen LogP contribution in [0.1, 0.15) is 30.7 Å². The van der Waals surface area contributed by atoms with Gasteiger partial charge in [-0.2, -0.15) is 13.2 Å². The molecule has 21 heavy (non-hydrogen) atoms. The second-order valence-electron chi connectivity index (χ2n) is 5.68. The Morgan fingerprint density at radius 1 is 1.19 bits per heavy atom. The molecular weight excluding hydrogens is 363 g/mol. The van der Waals surface area contributed by atoms with Crippen molar-refractivity contribution in [1.29, 1.82) is 0 Å². The molecule has 0 unspecified atom stereocenters. The SMILES string of the molecule is FC(F)(F)C1CCC(Cc2nc3ccc(Br)cc3s2)CC1. The first-order valence-electron chi connectivity index (χ1n) is 7.03. The van der Waals surface area contributed by atoms with Gasteiger partial charge in [-0.3, -0.25) is 0 Å². The third kappa shape index (κ3) is 3.59. The first-order valence-corrected chi connectivity index (χ1v) is 8.64. The molecule has 1 nitrogen and oxygen atoms in total. The summed E-state index contributed by atoms with van der Waals surface area (Å²) in [5, 5.41) is 1.04. The molecule has 0 saturated heterocycles. The zero-order valence-electron chi connectivity index (χ0n) is 11.3.